The van der Waals surface area contributed by atoms with Gasteiger partial charge < -0.3 is 0 Å². The monoisotopic (exact) mass is 214 g/mol. The molecule has 6 heteroatoms. The van der Waals surface area contributed by atoms with Gasteiger partial charge >= 0.3 is 6.18 Å². The molecule has 0 aromatic rings. The van der Waals surface area contributed by atoms with Crippen molar-refractivity contribution in [1.82, 2.24) is 0 Å². The predicted molar refractivity (Wildman–Crippen MR) is 40.8 cm³/mol. The van der Waals surface area contributed by atoms with Crippen LogP contribution < -0.4 is 0 Å². The van der Waals surface area contributed by atoms with Crippen molar-refractivity contribution in [1.29, 1.82) is 0 Å². The predicted octanol–water partition coefficient (Wildman–Crippen LogP) is 2.95. The zero-order chi connectivity index (χ0) is 11.6. The van der Waals surface area contributed by atoms with Crippen LogP contribution in [-0.4, -0.2) is 12.0 Å². The Morgan fingerprint density at radius 3 is 1.86 bits per heavy atom. The maximum Gasteiger partial charge on any atom is 0.453 e. The summed E-state index contributed by atoms with van der Waals surface area (Å²) in [6, 6.07) is 0. The molecule has 0 aliphatic heterocycles. The Kier molecular flexibility index (Phi) is 3.67. The lowest BCUT2D eigenvalue weighted by molar-refractivity contribution is -0.194. The van der Waals surface area contributed by atoms with Gasteiger partial charge in [0.25, 0.3) is 5.76 Å². The first kappa shape index (κ1) is 12.9. The smallest absolute Gasteiger partial charge is 0.294 e. The first-order valence-electron chi connectivity index (χ1n) is 3.71. The van der Waals surface area contributed by atoms with Gasteiger partial charge in [0.2, 0.25) is 0 Å². The molecule has 0 aliphatic rings. The highest BCUT2D eigenvalue weighted by Gasteiger charge is 2.39. The van der Waals surface area contributed by atoms with Crippen molar-refractivity contribution in [3.63, 3.8) is 0 Å². The molecule has 0 fully saturated rings. The molecule has 0 rings (SSSR count). The fourth-order valence-electron chi connectivity index (χ4n) is 0.483. The van der Waals surface area contributed by atoms with Crippen molar-refractivity contribution in [3.8, 4) is 0 Å². The van der Waals surface area contributed by atoms with E-state index in [4.69, 9.17) is 0 Å². The van der Waals surface area contributed by atoms with Crippen molar-refractivity contribution < 1.29 is 27.4 Å². The lowest BCUT2D eigenvalue weighted by atomic mass is 9.90. The van der Waals surface area contributed by atoms with Gasteiger partial charge in [0.1, 0.15) is 0 Å². The number of rotatable bonds is 2. The molecule has 0 unspecified atom stereocenters. The number of hydrogen-bond donors (Lipinski definition) is 0. The van der Waals surface area contributed by atoms with Crippen LogP contribution in [-0.2, 0) is 9.74 Å². The van der Waals surface area contributed by atoms with Crippen LogP contribution in [0.3, 0.4) is 0 Å². The zero-order valence-corrected chi connectivity index (χ0v) is 7.91. The van der Waals surface area contributed by atoms with Gasteiger partial charge in [0.05, 0.1) is 0 Å². The Balaban J connectivity index is 4.89. The molecule has 0 aromatic heterocycles. The number of hydrogen-bond acceptors (Lipinski definition) is 2. The van der Waals surface area contributed by atoms with Crippen LogP contribution >= 0.6 is 0 Å². The quantitative estimate of drug-likeness (QED) is 0.401. The Hall–Kier alpha value is -1.07. The van der Waals surface area contributed by atoms with Crippen LogP contribution in [0.5, 0.6) is 0 Å². The highest BCUT2D eigenvalue weighted by molar-refractivity contribution is 5.94. The summed E-state index contributed by atoms with van der Waals surface area (Å²) in [5.74, 6) is -2.79. The maximum absolute atomic E-state index is 11.9. The molecule has 0 atom stereocenters. The van der Waals surface area contributed by atoms with E-state index in [2.05, 4.69) is 4.94 Å². The molecule has 0 spiro atoms. The van der Waals surface area contributed by atoms with Crippen molar-refractivity contribution in [3.05, 3.63) is 11.8 Å². The van der Waals surface area contributed by atoms with E-state index in [9.17, 15) is 22.5 Å². The van der Waals surface area contributed by atoms with Crippen molar-refractivity contribution in [2.75, 3.05) is 0 Å². The third-order valence-electron chi connectivity index (χ3n) is 1.36. The maximum atomic E-state index is 11.9. The summed E-state index contributed by atoms with van der Waals surface area (Å²) < 4.78 is 47.1. The zero-order valence-electron chi connectivity index (χ0n) is 7.91. The van der Waals surface area contributed by atoms with Gasteiger partial charge in [0, 0.05) is 16.0 Å². The standard InChI is InChI=1S/C8H10F4O2/c1-7(2,3)5(13)4-6(14-12)8(9,10)11/h4H,1-3H3/b6-4-. The van der Waals surface area contributed by atoms with Gasteiger partial charge in [0.15, 0.2) is 5.78 Å². The van der Waals surface area contributed by atoms with E-state index in [1.54, 1.807) is 0 Å². The second kappa shape index (κ2) is 3.98. The van der Waals surface area contributed by atoms with E-state index in [-0.39, 0.29) is 6.08 Å². The molecule has 0 saturated carbocycles. The average Bonchev–Trinajstić information content (AvgIpc) is 1.95. The number of ketones is 1. The number of carbonyl (C=O) groups is 1. The normalized spacial score (nSPS) is 14.1. The van der Waals surface area contributed by atoms with Crippen LogP contribution in [0.4, 0.5) is 17.7 Å². The van der Waals surface area contributed by atoms with E-state index in [0.717, 1.165) is 0 Å². The van der Waals surface area contributed by atoms with Gasteiger partial charge in [-0.05, 0) is 0 Å². The molecule has 0 heterocycles. The van der Waals surface area contributed by atoms with Crippen LogP contribution in [0.1, 0.15) is 20.8 Å². The fourth-order valence-corrected chi connectivity index (χ4v) is 0.483. The molecular formula is C8H10F4O2. The average molecular weight is 214 g/mol. The first-order chi connectivity index (χ1) is 6.09. The van der Waals surface area contributed by atoms with E-state index >= 15 is 0 Å². The van der Waals surface area contributed by atoms with E-state index in [0.29, 0.717) is 0 Å². The van der Waals surface area contributed by atoms with Crippen LogP contribution in [0.25, 0.3) is 0 Å². The third kappa shape index (κ3) is 3.76. The molecular weight excluding hydrogens is 204 g/mol. The molecule has 0 aliphatic carbocycles. The summed E-state index contributed by atoms with van der Waals surface area (Å²) in [6.07, 6.45) is -4.88. The molecule has 82 valence electrons. The molecule has 0 amide bonds. The van der Waals surface area contributed by atoms with Crippen LogP contribution in [0.15, 0.2) is 11.8 Å². The largest absolute Gasteiger partial charge is 0.453 e. The summed E-state index contributed by atoms with van der Waals surface area (Å²) in [6.45, 7) is 4.24. The minimum absolute atomic E-state index is 0.111. The molecule has 0 N–H and O–H groups in total. The summed E-state index contributed by atoms with van der Waals surface area (Å²) >= 11 is 0. The second-order valence-electron chi connectivity index (χ2n) is 3.70. The number of halogens is 4. The highest BCUT2D eigenvalue weighted by Crippen LogP contribution is 2.28. The third-order valence-corrected chi connectivity index (χ3v) is 1.36. The lowest BCUT2D eigenvalue weighted by Gasteiger charge is -2.14. The van der Waals surface area contributed by atoms with Gasteiger partial charge in [-0.3, -0.25) is 9.74 Å². The number of allylic oxidation sites excluding steroid dienone is 2. The van der Waals surface area contributed by atoms with E-state index in [1.807, 2.05) is 0 Å². The molecule has 2 nitrogen and oxygen atoms in total. The minimum atomic E-state index is -4.99. The topological polar surface area (TPSA) is 26.3 Å². The Morgan fingerprint density at radius 1 is 1.21 bits per heavy atom. The SMILES string of the molecule is CC(C)(C)C(=O)/C=C(\OF)C(F)(F)F. The Bertz CT molecular complexity index is 247. The summed E-state index contributed by atoms with van der Waals surface area (Å²) in [5, 5.41) is 0. The highest BCUT2D eigenvalue weighted by atomic mass is 19.4. The first-order valence-corrected chi connectivity index (χ1v) is 3.71. The van der Waals surface area contributed by atoms with E-state index < -0.39 is 23.1 Å². The van der Waals surface area contributed by atoms with Gasteiger partial charge in [-0.2, -0.15) is 13.2 Å². The molecule has 14 heavy (non-hydrogen) atoms. The second-order valence-corrected chi connectivity index (χ2v) is 3.70. The van der Waals surface area contributed by atoms with Gasteiger partial charge in [-0.15, -0.1) is 0 Å². The van der Waals surface area contributed by atoms with Crippen molar-refractivity contribution in [2.45, 2.75) is 26.9 Å². The molecule has 0 radical (unpaired) electrons. The van der Waals surface area contributed by atoms with Crippen molar-refractivity contribution >= 4 is 5.78 Å². The Labute approximate surface area is 78.4 Å². The van der Waals surface area contributed by atoms with E-state index in [1.165, 1.54) is 20.8 Å². The number of carbonyl (C=O) groups excluding carboxylic acids is 1. The molecule has 0 bridgehead atoms. The summed E-state index contributed by atoms with van der Waals surface area (Å²) in [5.41, 5.74) is -1.00. The van der Waals surface area contributed by atoms with Crippen LogP contribution in [0, 0.1) is 5.41 Å². The Morgan fingerprint density at radius 2 is 1.64 bits per heavy atom. The van der Waals surface area contributed by atoms with Gasteiger partial charge in [-0.25, -0.2) is 0 Å². The minimum Gasteiger partial charge on any atom is -0.294 e. The van der Waals surface area contributed by atoms with Crippen LogP contribution in [0.2, 0.25) is 0 Å². The summed E-state index contributed by atoms with van der Waals surface area (Å²) in [4.78, 5) is 13.7. The number of alkyl halides is 3. The van der Waals surface area contributed by atoms with Gasteiger partial charge in [-0.1, -0.05) is 20.8 Å². The molecule has 0 aromatic carbocycles. The van der Waals surface area contributed by atoms with Crippen molar-refractivity contribution in [2.24, 2.45) is 5.41 Å². The lowest BCUT2D eigenvalue weighted by Crippen LogP contribution is -2.21. The fraction of sp³-hybridized carbons (Fsp3) is 0.625. The summed E-state index contributed by atoms with van der Waals surface area (Å²) in [7, 11) is 0. The molecule has 0 saturated heterocycles.